The molecule has 5 heteroatoms. The summed E-state index contributed by atoms with van der Waals surface area (Å²) in [4.78, 5) is 22.2. The van der Waals surface area contributed by atoms with E-state index < -0.39 is 11.9 Å². The van der Waals surface area contributed by atoms with Crippen molar-refractivity contribution >= 4 is 44.1 Å². The van der Waals surface area contributed by atoms with Gasteiger partial charge < -0.3 is 10.2 Å². The SMILES string of the molecule is O=C(O)c1ccc2cc(C(=O)O)c3sccc3c2c1. The summed E-state index contributed by atoms with van der Waals surface area (Å²) in [5.41, 5.74) is 0.448. The molecule has 2 aromatic carbocycles. The summed E-state index contributed by atoms with van der Waals surface area (Å²) in [5, 5.41) is 22.3. The van der Waals surface area contributed by atoms with Crippen molar-refractivity contribution in [1.29, 1.82) is 0 Å². The molecule has 0 amide bonds. The van der Waals surface area contributed by atoms with E-state index in [0.29, 0.717) is 4.70 Å². The Labute approximate surface area is 111 Å². The van der Waals surface area contributed by atoms with Crippen LogP contribution in [0.3, 0.4) is 0 Å². The Morgan fingerprint density at radius 2 is 1.74 bits per heavy atom. The third-order valence-electron chi connectivity index (χ3n) is 3.03. The maximum absolute atomic E-state index is 11.2. The van der Waals surface area contributed by atoms with E-state index in [1.807, 2.05) is 11.4 Å². The number of carboxylic acid groups (broad SMARTS) is 2. The molecule has 0 spiro atoms. The first-order valence-corrected chi connectivity index (χ1v) is 6.36. The lowest BCUT2D eigenvalue weighted by atomic mass is 10.0. The van der Waals surface area contributed by atoms with E-state index in [4.69, 9.17) is 5.11 Å². The van der Waals surface area contributed by atoms with Gasteiger partial charge in [-0.1, -0.05) is 6.07 Å². The Bertz CT molecular complexity index is 832. The molecule has 0 radical (unpaired) electrons. The maximum atomic E-state index is 11.2. The van der Waals surface area contributed by atoms with Gasteiger partial charge in [0.2, 0.25) is 0 Å². The molecule has 0 aliphatic rings. The zero-order valence-electron chi connectivity index (χ0n) is 9.58. The number of rotatable bonds is 2. The van der Waals surface area contributed by atoms with Crippen molar-refractivity contribution in [2.24, 2.45) is 0 Å². The van der Waals surface area contributed by atoms with Crippen molar-refractivity contribution in [2.45, 2.75) is 0 Å². The first-order valence-electron chi connectivity index (χ1n) is 5.48. The molecule has 94 valence electrons. The second kappa shape index (κ2) is 4.07. The zero-order chi connectivity index (χ0) is 13.6. The van der Waals surface area contributed by atoms with Gasteiger partial charge in [0.15, 0.2) is 0 Å². The molecule has 0 unspecified atom stereocenters. The van der Waals surface area contributed by atoms with Crippen LogP contribution < -0.4 is 0 Å². The number of benzene rings is 2. The van der Waals surface area contributed by atoms with E-state index in [9.17, 15) is 14.7 Å². The van der Waals surface area contributed by atoms with Crippen LogP contribution in [0, 0.1) is 0 Å². The van der Waals surface area contributed by atoms with E-state index in [-0.39, 0.29) is 11.1 Å². The van der Waals surface area contributed by atoms with Crippen molar-refractivity contribution in [3.8, 4) is 0 Å². The summed E-state index contributed by atoms with van der Waals surface area (Å²) >= 11 is 1.34. The fraction of sp³-hybridized carbons (Fsp3) is 0. The topological polar surface area (TPSA) is 74.6 Å². The highest BCUT2D eigenvalue weighted by Crippen LogP contribution is 2.33. The van der Waals surface area contributed by atoms with E-state index >= 15 is 0 Å². The van der Waals surface area contributed by atoms with Crippen LogP contribution in [0.15, 0.2) is 35.7 Å². The number of aromatic carboxylic acids is 2. The predicted octanol–water partition coefficient (Wildman–Crippen LogP) is 3.45. The minimum Gasteiger partial charge on any atom is -0.478 e. The number of thiophene rings is 1. The van der Waals surface area contributed by atoms with E-state index in [1.54, 1.807) is 18.2 Å². The molecule has 0 aliphatic heterocycles. The summed E-state index contributed by atoms with van der Waals surface area (Å²) < 4.78 is 0.669. The zero-order valence-corrected chi connectivity index (χ0v) is 10.4. The van der Waals surface area contributed by atoms with Crippen LogP contribution in [0.4, 0.5) is 0 Å². The molecule has 2 N–H and O–H groups in total. The van der Waals surface area contributed by atoms with Crippen molar-refractivity contribution in [2.75, 3.05) is 0 Å². The molecular weight excluding hydrogens is 264 g/mol. The van der Waals surface area contributed by atoms with Gasteiger partial charge in [-0.15, -0.1) is 11.3 Å². The molecule has 1 aromatic heterocycles. The summed E-state index contributed by atoms with van der Waals surface area (Å²) in [6.07, 6.45) is 0. The molecule has 4 nitrogen and oxygen atoms in total. The quantitative estimate of drug-likeness (QED) is 0.749. The second-order valence-electron chi connectivity index (χ2n) is 4.13. The highest BCUT2D eigenvalue weighted by molar-refractivity contribution is 7.17. The Balaban J connectivity index is 2.47. The standard InChI is InChI=1S/C14H8O4S/c15-13(16)8-2-1-7-5-11(14(17)18)12-9(3-4-19-12)10(7)6-8/h1-6H,(H,15,16)(H,17,18). The summed E-state index contributed by atoms with van der Waals surface area (Å²) in [5.74, 6) is -1.97. The Kier molecular flexibility index (Phi) is 2.50. The smallest absolute Gasteiger partial charge is 0.337 e. The van der Waals surface area contributed by atoms with Gasteiger partial charge in [-0.05, 0) is 40.4 Å². The number of fused-ring (bicyclic) bond motifs is 3. The highest BCUT2D eigenvalue weighted by Gasteiger charge is 2.14. The first kappa shape index (κ1) is 11.7. The third-order valence-corrected chi connectivity index (χ3v) is 3.98. The van der Waals surface area contributed by atoms with Crippen LogP contribution in [-0.2, 0) is 0 Å². The molecule has 0 saturated heterocycles. The van der Waals surface area contributed by atoms with Crippen LogP contribution >= 0.6 is 11.3 Å². The minimum absolute atomic E-state index is 0.197. The van der Waals surface area contributed by atoms with E-state index in [1.165, 1.54) is 17.4 Å². The van der Waals surface area contributed by atoms with Crippen molar-refractivity contribution in [3.63, 3.8) is 0 Å². The largest absolute Gasteiger partial charge is 0.478 e. The monoisotopic (exact) mass is 272 g/mol. The first-order chi connectivity index (χ1) is 9.08. The van der Waals surface area contributed by atoms with Gasteiger partial charge in [0.1, 0.15) is 0 Å². The molecule has 0 saturated carbocycles. The lowest BCUT2D eigenvalue weighted by Crippen LogP contribution is -1.98. The average molecular weight is 272 g/mol. The Morgan fingerprint density at radius 1 is 0.947 bits per heavy atom. The fourth-order valence-electron chi connectivity index (χ4n) is 2.16. The molecule has 1 heterocycles. The third kappa shape index (κ3) is 1.75. The number of carbonyl (C=O) groups is 2. The molecule has 0 bridgehead atoms. The van der Waals surface area contributed by atoms with Gasteiger partial charge in [0, 0.05) is 10.1 Å². The van der Waals surface area contributed by atoms with Gasteiger partial charge in [0.05, 0.1) is 11.1 Å². The lowest BCUT2D eigenvalue weighted by molar-refractivity contribution is 0.0687. The van der Waals surface area contributed by atoms with Gasteiger partial charge in [-0.2, -0.15) is 0 Å². The number of hydrogen-bond donors (Lipinski definition) is 2. The van der Waals surface area contributed by atoms with Gasteiger partial charge in [-0.3, -0.25) is 0 Å². The van der Waals surface area contributed by atoms with Crippen LogP contribution in [0.5, 0.6) is 0 Å². The van der Waals surface area contributed by atoms with Gasteiger partial charge in [0.25, 0.3) is 0 Å². The molecule has 0 atom stereocenters. The van der Waals surface area contributed by atoms with Crippen LogP contribution in [0.2, 0.25) is 0 Å². The fourth-order valence-corrected chi connectivity index (χ4v) is 3.08. The Hall–Kier alpha value is -2.40. The van der Waals surface area contributed by atoms with Crippen molar-refractivity contribution < 1.29 is 19.8 Å². The van der Waals surface area contributed by atoms with Crippen LogP contribution in [-0.4, -0.2) is 22.2 Å². The van der Waals surface area contributed by atoms with E-state index in [2.05, 4.69) is 0 Å². The summed E-state index contributed by atoms with van der Waals surface area (Å²) in [7, 11) is 0. The average Bonchev–Trinajstić information content (AvgIpc) is 2.86. The normalized spacial score (nSPS) is 10.9. The number of hydrogen-bond acceptors (Lipinski definition) is 3. The summed E-state index contributed by atoms with van der Waals surface area (Å²) in [6, 6.07) is 8.11. The van der Waals surface area contributed by atoms with Crippen molar-refractivity contribution in [1.82, 2.24) is 0 Å². The van der Waals surface area contributed by atoms with Crippen molar-refractivity contribution in [3.05, 3.63) is 46.8 Å². The molecule has 19 heavy (non-hydrogen) atoms. The summed E-state index contributed by atoms with van der Waals surface area (Å²) in [6.45, 7) is 0. The number of carboxylic acids is 2. The van der Waals surface area contributed by atoms with Gasteiger partial charge in [-0.25, -0.2) is 9.59 Å². The lowest BCUT2D eigenvalue weighted by Gasteiger charge is -2.05. The van der Waals surface area contributed by atoms with E-state index in [0.717, 1.165) is 16.2 Å². The highest BCUT2D eigenvalue weighted by atomic mass is 32.1. The Morgan fingerprint density at radius 3 is 2.42 bits per heavy atom. The molecule has 0 fully saturated rings. The molecular formula is C14H8O4S. The van der Waals surface area contributed by atoms with Crippen LogP contribution in [0.1, 0.15) is 20.7 Å². The molecule has 3 rings (SSSR count). The predicted molar refractivity (Wildman–Crippen MR) is 73.2 cm³/mol. The minimum atomic E-state index is -0.993. The molecule has 3 aromatic rings. The maximum Gasteiger partial charge on any atom is 0.337 e. The van der Waals surface area contributed by atoms with Crippen LogP contribution in [0.25, 0.3) is 20.9 Å². The molecule has 0 aliphatic carbocycles. The second-order valence-corrected chi connectivity index (χ2v) is 5.05. The van der Waals surface area contributed by atoms with Gasteiger partial charge >= 0.3 is 11.9 Å².